The molecule has 1 aliphatic rings. The summed E-state index contributed by atoms with van der Waals surface area (Å²) in [6, 6.07) is 19.0. The van der Waals surface area contributed by atoms with Crippen LogP contribution in [-0.2, 0) is 25.4 Å². The number of alkyl halides is 3. The zero-order valence-electron chi connectivity index (χ0n) is 18.2. The van der Waals surface area contributed by atoms with Gasteiger partial charge in [-0.1, -0.05) is 42.5 Å². The minimum absolute atomic E-state index is 0.0123. The highest BCUT2D eigenvalue weighted by atomic mass is 32.2. The zero-order valence-corrected chi connectivity index (χ0v) is 19.0. The molecule has 0 bridgehead atoms. The minimum atomic E-state index is -4.61. The van der Waals surface area contributed by atoms with Crippen LogP contribution in [0.25, 0.3) is 0 Å². The molecule has 0 saturated carbocycles. The molecule has 3 nitrogen and oxygen atoms in total. The van der Waals surface area contributed by atoms with Crippen molar-refractivity contribution in [2.75, 3.05) is 12.9 Å². The number of rotatable bonds is 6. The van der Waals surface area contributed by atoms with Crippen LogP contribution in [0.4, 0.5) is 13.2 Å². The second-order valence-corrected chi connectivity index (χ2v) is 9.08. The normalized spacial score (nSPS) is 15.5. The molecule has 1 atom stereocenters. The zero-order chi connectivity index (χ0) is 23.4. The highest BCUT2D eigenvalue weighted by molar-refractivity contribution is 7.99. The first-order valence-corrected chi connectivity index (χ1v) is 11.7. The number of aryl methyl sites for hydroxylation is 2. The SMILES string of the molecule is COc1ccc(CCSc2nc3c(c(C(F)(F)F)c2C#N)CC(c2ccccc2)CC3)cc1. The Balaban J connectivity index is 1.62. The summed E-state index contributed by atoms with van der Waals surface area (Å²) in [5.41, 5.74) is 1.56. The molecular weight excluding hydrogens is 445 g/mol. The molecule has 0 radical (unpaired) electrons. The van der Waals surface area contributed by atoms with E-state index in [0.717, 1.165) is 23.3 Å². The fraction of sp³-hybridized carbons (Fsp3) is 0.308. The quantitative estimate of drug-likeness (QED) is 0.383. The van der Waals surface area contributed by atoms with Crippen molar-refractivity contribution in [1.29, 1.82) is 5.26 Å². The van der Waals surface area contributed by atoms with Crippen LogP contribution in [0.3, 0.4) is 0 Å². The van der Waals surface area contributed by atoms with Crippen LogP contribution in [0, 0.1) is 11.3 Å². The summed E-state index contributed by atoms with van der Waals surface area (Å²) in [5, 5.41) is 9.88. The summed E-state index contributed by atoms with van der Waals surface area (Å²) >= 11 is 1.21. The topological polar surface area (TPSA) is 45.9 Å². The van der Waals surface area contributed by atoms with Gasteiger partial charge in [0.25, 0.3) is 0 Å². The van der Waals surface area contributed by atoms with Gasteiger partial charge in [0.1, 0.15) is 16.8 Å². The summed E-state index contributed by atoms with van der Waals surface area (Å²) in [4.78, 5) is 4.57. The molecule has 0 spiro atoms. The third-order valence-electron chi connectivity index (χ3n) is 5.99. The molecule has 0 N–H and O–H groups in total. The number of nitrogens with zero attached hydrogens (tertiary/aromatic N) is 2. The van der Waals surface area contributed by atoms with E-state index in [4.69, 9.17) is 4.74 Å². The van der Waals surface area contributed by atoms with Crippen LogP contribution in [-0.4, -0.2) is 17.8 Å². The van der Waals surface area contributed by atoms with Crippen molar-refractivity contribution in [3.8, 4) is 11.8 Å². The number of methoxy groups -OCH3 is 1. The van der Waals surface area contributed by atoms with Crippen molar-refractivity contribution in [3.05, 3.63) is 88.1 Å². The van der Waals surface area contributed by atoms with Crippen LogP contribution >= 0.6 is 11.8 Å². The van der Waals surface area contributed by atoms with E-state index in [9.17, 15) is 18.4 Å². The monoisotopic (exact) mass is 468 g/mol. The second-order valence-electron chi connectivity index (χ2n) is 8.00. The summed E-state index contributed by atoms with van der Waals surface area (Å²) in [7, 11) is 1.59. The van der Waals surface area contributed by atoms with Gasteiger partial charge in [0.15, 0.2) is 0 Å². The highest BCUT2D eigenvalue weighted by Crippen LogP contribution is 2.43. The van der Waals surface area contributed by atoms with Crippen molar-refractivity contribution in [1.82, 2.24) is 4.98 Å². The van der Waals surface area contributed by atoms with Gasteiger partial charge in [-0.05, 0) is 60.4 Å². The molecule has 33 heavy (non-hydrogen) atoms. The van der Waals surface area contributed by atoms with Crippen molar-refractivity contribution in [2.45, 2.75) is 42.8 Å². The number of hydrogen-bond acceptors (Lipinski definition) is 4. The Labute approximate surface area is 195 Å². The first-order valence-electron chi connectivity index (χ1n) is 10.7. The van der Waals surface area contributed by atoms with Crippen LogP contribution in [0.1, 0.15) is 45.8 Å². The first kappa shape index (κ1) is 23.2. The van der Waals surface area contributed by atoms with E-state index < -0.39 is 11.7 Å². The van der Waals surface area contributed by atoms with Gasteiger partial charge in [-0.2, -0.15) is 18.4 Å². The smallest absolute Gasteiger partial charge is 0.418 e. The van der Waals surface area contributed by atoms with Crippen molar-refractivity contribution in [2.24, 2.45) is 0 Å². The van der Waals surface area contributed by atoms with E-state index in [1.54, 1.807) is 7.11 Å². The lowest BCUT2D eigenvalue weighted by atomic mass is 9.79. The predicted octanol–water partition coefficient (Wildman–Crippen LogP) is 6.59. The largest absolute Gasteiger partial charge is 0.497 e. The highest BCUT2D eigenvalue weighted by Gasteiger charge is 2.41. The van der Waals surface area contributed by atoms with E-state index in [1.165, 1.54) is 11.8 Å². The molecule has 3 aromatic rings. The van der Waals surface area contributed by atoms with Crippen LogP contribution in [0.5, 0.6) is 5.75 Å². The molecule has 0 fully saturated rings. The van der Waals surface area contributed by atoms with E-state index in [0.29, 0.717) is 24.3 Å². The number of pyridine rings is 1. The number of halogens is 3. The average Bonchev–Trinajstić information content (AvgIpc) is 2.83. The lowest BCUT2D eigenvalue weighted by Gasteiger charge is -2.28. The molecule has 2 aromatic carbocycles. The lowest BCUT2D eigenvalue weighted by Crippen LogP contribution is -2.22. The van der Waals surface area contributed by atoms with Crippen LogP contribution in [0.15, 0.2) is 59.6 Å². The standard InChI is InChI=1S/C26H23F3N2OS/c1-32-20-10-7-17(8-11-20)13-14-33-25-22(16-30)24(26(27,28)29)21-15-19(9-12-23(21)31-25)18-5-3-2-4-6-18/h2-8,10-11,19H,9,12-15H2,1H3. The number of thioether (sulfide) groups is 1. The van der Waals surface area contributed by atoms with E-state index >= 15 is 0 Å². The number of nitriles is 1. The fourth-order valence-electron chi connectivity index (χ4n) is 4.32. The van der Waals surface area contributed by atoms with E-state index in [1.807, 2.05) is 60.7 Å². The Morgan fingerprint density at radius 2 is 1.85 bits per heavy atom. The van der Waals surface area contributed by atoms with Gasteiger partial charge < -0.3 is 4.74 Å². The number of benzene rings is 2. The van der Waals surface area contributed by atoms with Crippen LogP contribution < -0.4 is 4.74 Å². The second kappa shape index (κ2) is 9.88. The molecule has 1 heterocycles. The maximum absolute atomic E-state index is 14.2. The maximum atomic E-state index is 14.2. The van der Waals surface area contributed by atoms with Crippen molar-refractivity contribution >= 4 is 11.8 Å². The number of ether oxygens (including phenoxy) is 1. The first-order chi connectivity index (χ1) is 15.9. The summed E-state index contributed by atoms with van der Waals surface area (Å²) < 4.78 is 47.7. The Morgan fingerprint density at radius 1 is 1.12 bits per heavy atom. The van der Waals surface area contributed by atoms with Gasteiger partial charge in [0.05, 0.1) is 18.2 Å². The summed E-state index contributed by atoms with van der Waals surface area (Å²) in [6.45, 7) is 0. The predicted molar refractivity (Wildman–Crippen MR) is 123 cm³/mol. The molecule has 1 unspecified atom stereocenters. The molecule has 0 saturated heterocycles. The van der Waals surface area contributed by atoms with E-state index in [-0.39, 0.29) is 28.5 Å². The molecule has 1 aromatic heterocycles. The van der Waals surface area contributed by atoms with Gasteiger partial charge in [-0.3, -0.25) is 0 Å². The van der Waals surface area contributed by atoms with Gasteiger partial charge in [-0.15, -0.1) is 11.8 Å². The van der Waals surface area contributed by atoms with Crippen LogP contribution in [0.2, 0.25) is 0 Å². The molecule has 4 rings (SSSR count). The Hall–Kier alpha value is -2.98. The maximum Gasteiger partial charge on any atom is 0.418 e. The van der Waals surface area contributed by atoms with E-state index in [2.05, 4.69) is 4.98 Å². The van der Waals surface area contributed by atoms with Crippen molar-refractivity contribution < 1.29 is 17.9 Å². The van der Waals surface area contributed by atoms with Gasteiger partial charge >= 0.3 is 6.18 Å². The third-order valence-corrected chi connectivity index (χ3v) is 6.96. The molecule has 170 valence electrons. The Morgan fingerprint density at radius 3 is 2.48 bits per heavy atom. The average molecular weight is 469 g/mol. The van der Waals surface area contributed by atoms with Gasteiger partial charge in [-0.25, -0.2) is 4.98 Å². The van der Waals surface area contributed by atoms with Gasteiger partial charge in [0, 0.05) is 11.4 Å². The fourth-order valence-corrected chi connectivity index (χ4v) is 5.32. The summed E-state index contributed by atoms with van der Waals surface area (Å²) in [6.07, 6.45) is -2.51. The number of hydrogen-bond donors (Lipinski definition) is 0. The molecular formula is C26H23F3N2OS. The minimum Gasteiger partial charge on any atom is -0.497 e. The molecule has 0 amide bonds. The summed E-state index contributed by atoms with van der Waals surface area (Å²) in [5.74, 6) is 1.26. The number of fused-ring (bicyclic) bond motifs is 1. The van der Waals surface area contributed by atoms with Crippen molar-refractivity contribution in [3.63, 3.8) is 0 Å². The number of aromatic nitrogens is 1. The third kappa shape index (κ3) is 5.17. The Kier molecular flexibility index (Phi) is 6.94. The Bertz CT molecular complexity index is 1160. The molecule has 0 aliphatic heterocycles. The molecule has 1 aliphatic carbocycles. The van der Waals surface area contributed by atoms with Gasteiger partial charge in [0.2, 0.25) is 0 Å². The molecule has 7 heteroatoms. The lowest BCUT2D eigenvalue weighted by molar-refractivity contribution is -0.138.